The molecule has 0 spiro atoms. The van der Waals surface area contributed by atoms with E-state index in [1.165, 1.54) is 10.9 Å². The lowest BCUT2D eigenvalue weighted by molar-refractivity contribution is -0.118. The van der Waals surface area contributed by atoms with E-state index in [2.05, 4.69) is 20.3 Å². The lowest BCUT2D eigenvalue weighted by atomic mass is 10.2. The highest BCUT2D eigenvalue weighted by Gasteiger charge is 2.38. The number of carbonyl (C=O) groups excluding carboxylic acids is 1. The second kappa shape index (κ2) is 6.96. The molecule has 1 amide bonds. The van der Waals surface area contributed by atoms with Crippen LogP contribution in [-0.2, 0) is 18.6 Å². The van der Waals surface area contributed by atoms with Crippen LogP contribution >= 0.6 is 8.25 Å². The van der Waals surface area contributed by atoms with Gasteiger partial charge in [-0.2, -0.15) is 4.98 Å². The highest BCUT2D eigenvalue weighted by atomic mass is 31.1. The smallest absolute Gasteiger partial charge is 0.355 e. The van der Waals surface area contributed by atoms with E-state index in [4.69, 9.17) is 14.2 Å². The van der Waals surface area contributed by atoms with Gasteiger partial charge in [0.1, 0.15) is 0 Å². The summed E-state index contributed by atoms with van der Waals surface area (Å²) in [6.45, 7) is 3.74. The quantitative estimate of drug-likeness (QED) is 0.650. The molecule has 0 bridgehead atoms. The molecule has 0 aliphatic carbocycles. The van der Waals surface area contributed by atoms with E-state index in [9.17, 15) is 14.2 Å². The second-order valence-corrected chi connectivity index (χ2v) is 6.50. The van der Waals surface area contributed by atoms with Crippen LogP contribution in [0.4, 0.5) is 5.95 Å². The number of aromatic amines is 1. The van der Waals surface area contributed by atoms with Gasteiger partial charge in [-0.3, -0.25) is 24.5 Å². The Morgan fingerprint density at radius 2 is 2.36 bits per heavy atom. The van der Waals surface area contributed by atoms with E-state index in [1.54, 1.807) is 13.8 Å². The van der Waals surface area contributed by atoms with Crippen molar-refractivity contribution in [3.05, 3.63) is 16.7 Å². The maximum atomic E-state index is 12.2. The van der Waals surface area contributed by atoms with Gasteiger partial charge in [-0.15, -0.1) is 9.42 Å². The number of ether oxygens (including phenoxy) is 1. The summed E-state index contributed by atoms with van der Waals surface area (Å²) in [7, 11) is -2.80. The minimum absolute atomic E-state index is 0.0124. The molecule has 2 aromatic rings. The fourth-order valence-electron chi connectivity index (χ4n) is 2.47. The standard InChI is InChI=1S/C13H16N5O6P/c1-6(2)10(19)16-13-15-9-8(11(20)17-13)14-5-18(9)12-7(3-4-23-12)24-25(21)22/h5-7,12H,3-4H2,1-2H3,(H2-,15,16,17,19,20,21,22)/p+1. The minimum Gasteiger partial charge on any atom is -0.355 e. The number of rotatable bonds is 5. The first-order valence-electron chi connectivity index (χ1n) is 7.59. The van der Waals surface area contributed by atoms with Crippen molar-refractivity contribution in [3.63, 3.8) is 0 Å². The fraction of sp³-hybridized carbons (Fsp3) is 0.538. The number of fused-ring (bicyclic) bond motifs is 1. The molecule has 12 heteroatoms. The van der Waals surface area contributed by atoms with Crippen LogP contribution in [0, 0.1) is 5.92 Å². The minimum atomic E-state index is -2.80. The molecule has 1 aliphatic rings. The Hall–Kier alpha value is -2.20. The number of nitrogens with zero attached hydrogens (tertiary/aromatic N) is 3. The Labute approximate surface area is 142 Å². The third-order valence-electron chi connectivity index (χ3n) is 3.71. The Morgan fingerprint density at radius 3 is 3.04 bits per heavy atom. The van der Waals surface area contributed by atoms with Crippen molar-refractivity contribution in [2.75, 3.05) is 11.9 Å². The van der Waals surface area contributed by atoms with Gasteiger partial charge in [0, 0.05) is 16.9 Å². The van der Waals surface area contributed by atoms with Crippen LogP contribution in [0.2, 0.25) is 0 Å². The molecule has 3 heterocycles. The van der Waals surface area contributed by atoms with Gasteiger partial charge >= 0.3 is 8.25 Å². The van der Waals surface area contributed by atoms with Gasteiger partial charge in [0.25, 0.3) is 5.56 Å². The average molecular weight is 370 g/mol. The van der Waals surface area contributed by atoms with E-state index in [-0.39, 0.29) is 28.9 Å². The van der Waals surface area contributed by atoms with Crippen LogP contribution in [-0.4, -0.2) is 43.0 Å². The van der Waals surface area contributed by atoms with Gasteiger partial charge in [-0.05, 0) is 0 Å². The van der Waals surface area contributed by atoms with E-state index < -0.39 is 26.1 Å². The summed E-state index contributed by atoms with van der Waals surface area (Å²) in [6, 6.07) is 0. The summed E-state index contributed by atoms with van der Waals surface area (Å²) in [4.78, 5) is 43.6. The molecule has 134 valence electrons. The lowest BCUT2D eigenvalue weighted by Gasteiger charge is -2.15. The molecule has 1 saturated heterocycles. The molecule has 3 N–H and O–H groups in total. The third kappa shape index (κ3) is 3.59. The van der Waals surface area contributed by atoms with Crippen LogP contribution in [0.1, 0.15) is 26.5 Å². The van der Waals surface area contributed by atoms with Crippen molar-refractivity contribution in [2.45, 2.75) is 32.6 Å². The van der Waals surface area contributed by atoms with Crippen molar-refractivity contribution < 1.29 is 23.5 Å². The summed E-state index contributed by atoms with van der Waals surface area (Å²) in [5, 5.41) is 2.52. The van der Waals surface area contributed by atoms with Gasteiger partial charge in [-0.1, -0.05) is 13.8 Å². The van der Waals surface area contributed by atoms with Crippen molar-refractivity contribution in [2.24, 2.45) is 5.92 Å². The van der Waals surface area contributed by atoms with Gasteiger partial charge in [0.2, 0.25) is 11.9 Å². The molecule has 2 aromatic heterocycles. The number of nitrogens with one attached hydrogen (secondary N) is 2. The molecule has 11 nitrogen and oxygen atoms in total. The zero-order chi connectivity index (χ0) is 18.1. The van der Waals surface area contributed by atoms with Crippen molar-refractivity contribution in [1.82, 2.24) is 19.5 Å². The molecule has 25 heavy (non-hydrogen) atoms. The maximum Gasteiger partial charge on any atom is 0.695 e. The number of amides is 1. The predicted molar refractivity (Wildman–Crippen MR) is 85.9 cm³/mol. The summed E-state index contributed by atoms with van der Waals surface area (Å²) in [6.07, 6.45) is 0.323. The van der Waals surface area contributed by atoms with Crippen LogP contribution < -0.4 is 10.9 Å². The van der Waals surface area contributed by atoms with Crippen molar-refractivity contribution >= 4 is 31.3 Å². The van der Waals surface area contributed by atoms with E-state index in [0.717, 1.165) is 0 Å². The SMILES string of the molecule is CC(C)C(=O)Nc1nc2c(ncn2C2OCCC2O[P+](=O)O)c(=O)[nH]1. The third-order valence-corrected chi connectivity index (χ3v) is 4.16. The van der Waals surface area contributed by atoms with Crippen molar-refractivity contribution in [1.29, 1.82) is 0 Å². The van der Waals surface area contributed by atoms with Gasteiger partial charge in [-0.25, -0.2) is 4.98 Å². The second-order valence-electron chi connectivity index (χ2n) is 5.81. The number of imidazole rings is 1. The molecule has 0 saturated carbocycles. The Balaban J connectivity index is 1.99. The van der Waals surface area contributed by atoms with Crippen LogP contribution in [0.25, 0.3) is 11.2 Å². The van der Waals surface area contributed by atoms with E-state index in [1.807, 2.05) is 0 Å². The summed E-state index contributed by atoms with van der Waals surface area (Å²) < 4.78 is 22.9. The highest BCUT2D eigenvalue weighted by molar-refractivity contribution is 7.32. The molecule has 0 aromatic carbocycles. The molecule has 3 unspecified atom stereocenters. The first kappa shape index (κ1) is 17.6. The number of anilines is 1. The molecule has 1 aliphatic heterocycles. The van der Waals surface area contributed by atoms with Gasteiger partial charge < -0.3 is 4.74 Å². The average Bonchev–Trinajstić information content (AvgIpc) is 3.13. The molecule has 3 atom stereocenters. The highest BCUT2D eigenvalue weighted by Crippen LogP contribution is 2.34. The first-order chi connectivity index (χ1) is 11.9. The molecule has 0 radical (unpaired) electrons. The molecular weight excluding hydrogens is 353 g/mol. The largest absolute Gasteiger partial charge is 0.695 e. The Bertz CT molecular complexity index is 877. The monoisotopic (exact) mass is 370 g/mol. The van der Waals surface area contributed by atoms with Gasteiger partial charge in [0.05, 0.1) is 12.9 Å². The summed E-state index contributed by atoms with van der Waals surface area (Å²) >= 11 is 0. The predicted octanol–water partition coefficient (Wildman–Crippen LogP) is 0.668. The Kier molecular flexibility index (Phi) is 4.91. The number of carbonyl (C=O) groups is 1. The molecule has 3 rings (SSSR count). The van der Waals surface area contributed by atoms with E-state index >= 15 is 0 Å². The van der Waals surface area contributed by atoms with Gasteiger partial charge in [0.15, 0.2) is 23.5 Å². The number of hydrogen-bond acceptors (Lipinski definition) is 7. The molecule has 1 fully saturated rings. The van der Waals surface area contributed by atoms with Crippen LogP contribution in [0.15, 0.2) is 11.1 Å². The topological polar surface area (TPSA) is 148 Å². The Morgan fingerprint density at radius 1 is 1.60 bits per heavy atom. The summed E-state index contributed by atoms with van der Waals surface area (Å²) in [5.41, 5.74) is -0.284. The normalized spacial score (nSPS) is 21.0. The zero-order valence-corrected chi connectivity index (χ0v) is 14.4. The fourth-order valence-corrected chi connectivity index (χ4v) is 2.91. The first-order valence-corrected chi connectivity index (χ1v) is 8.72. The number of hydrogen-bond donors (Lipinski definition) is 3. The number of aromatic nitrogens is 4. The van der Waals surface area contributed by atoms with Crippen molar-refractivity contribution in [3.8, 4) is 0 Å². The zero-order valence-electron chi connectivity index (χ0n) is 13.5. The lowest BCUT2D eigenvalue weighted by Crippen LogP contribution is -2.24. The van der Waals surface area contributed by atoms with E-state index in [0.29, 0.717) is 13.0 Å². The number of H-pyrrole nitrogens is 1. The van der Waals surface area contributed by atoms with Crippen LogP contribution in [0.3, 0.4) is 0 Å². The van der Waals surface area contributed by atoms with Crippen LogP contribution in [0.5, 0.6) is 0 Å². The summed E-state index contributed by atoms with van der Waals surface area (Å²) in [5.74, 6) is -0.603. The maximum absolute atomic E-state index is 12.2. The molecular formula is C13H17N5O6P+.